The van der Waals surface area contributed by atoms with E-state index >= 15 is 0 Å². The van der Waals surface area contributed by atoms with Crippen molar-refractivity contribution in [2.75, 3.05) is 11.9 Å². The van der Waals surface area contributed by atoms with Crippen molar-refractivity contribution in [2.24, 2.45) is 0 Å². The molecule has 0 fully saturated rings. The van der Waals surface area contributed by atoms with Crippen molar-refractivity contribution in [3.63, 3.8) is 0 Å². The maximum Gasteiger partial charge on any atom is 0.343 e. The average molecular weight is 366 g/mol. The standard InChI is InChI=1S/C15H9ClFN3O3S/c16-8-3-1-4-9(17)13(8)15(22)23-7-12(21)18-10-5-2-6-11-14(10)20-24-19-11/h1-6H,7H2,(H,18,21). The number of hydrogen-bond donors (Lipinski definition) is 1. The Hall–Kier alpha value is -2.58. The summed E-state index contributed by atoms with van der Waals surface area (Å²) in [6.45, 7) is -0.586. The Morgan fingerprint density at radius 3 is 2.79 bits per heavy atom. The van der Waals surface area contributed by atoms with Gasteiger partial charge in [-0.05, 0) is 24.3 Å². The van der Waals surface area contributed by atoms with Crippen LogP contribution in [-0.4, -0.2) is 27.2 Å². The maximum atomic E-state index is 13.6. The number of amides is 1. The molecule has 1 aromatic heterocycles. The summed E-state index contributed by atoms with van der Waals surface area (Å²) in [6.07, 6.45) is 0. The molecule has 122 valence electrons. The first-order valence-corrected chi connectivity index (χ1v) is 7.79. The molecule has 1 N–H and O–H groups in total. The van der Waals surface area contributed by atoms with Gasteiger partial charge in [0.15, 0.2) is 6.61 Å². The van der Waals surface area contributed by atoms with Crippen molar-refractivity contribution in [3.8, 4) is 0 Å². The molecule has 0 radical (unpaired) electrons. The summed E-state index contributed by atoms with van der Waals surface area (Å²) in [4.78, 5) is 23.8. The number of nitrogens with zero attached hydrogens (tertiary/aromatic N) is 2. The van der Waals surface area contributed by atoms with Crippen LogP contribution in [-0.2, 0) is 9.53 Å². The fourth-order valence-corrected chi connectivity index (χ4v) is 2.78. The molecule has 24 heavy (non-hydrogen) atoms. The number of aromatic nitrogens is 2. The smallest absolute Gasteiger partial charge is 0.343 e. The molecule has 0 aliphatic rings. The number of halogens is 2. The number of benzene rings is 2. The zero-order chi connectivity index (χ0) is 17.1. The van der Waals surface area contributed by atoms with Gasteiger partial charge in [0.05, 0.1) is 22.4 Å². The number of anilines is 1. The number of carbonyl (C=O) groups is 2. The lowest BCUT2D eigenvalue weighted by atomic mass is 10.2. The Morgan fingerprint density at radius 2 is 2.00 bits per heavy atom. The second-order valence-corrected chi connectivity index (χ2v) is 5.59. The molecule has 0 saturated heterocycles. The van der Waals surface area contributed by atoms with Crippen LogP contribution in [0.3, 0.4) is 0 Å². The van der Waals surface area contributed by atoms with E-state index in [-0.39, 0.29) is 5.02 Å². The minimum absolute atomic E-state index is 0.0845. The number of hydrogen-bond acceptors (Lipinski definition) is 6. The van der Waals surface area contributed by atoms with E-state index in [1.165, 1.54) is 12.1 Å². The van der Waals surface area contributed by atoms with Gasteiger partial charge in [-0.15, -0.1) is 0 Å². The molecule has 2 aromatic carbocycles. The first-order chi connectivity index (χ1) is 11.6. The maximum absolute atomic E-state index is 13.6. The van der Waals surface area contributed by atoms with E-state index in [9.17, 15) is 14.0 Å². The van der Waals surface area contributed by atoms with Gasteiger partial charge in [-0.2, -0.15) is 8.75 Å². The van der Waals surface area contributed by atoms with Crippen LogP contribution in [0.15, 0.2) is 36.4 Å². The summed E-state index contributed by atoms with van der Waals surface area (Å²) < 4.78 is 26.6. The van der Waals surface area contributed by atoms with Crippen molar-refractivity contribution in [2.45, 2.75) is 0 Å². The van der Waals surface area contributed by atoms with Crippen LogP contribution in [0.1, 0.15) is 10.4 Å². The lowest BCUT2D eigenvalue weighted by Crippen LogP contribution is -2.21. The number of ether oxygens (including phenoxy) is 1. The predicted octanol–water partition coefficient (Wildman–Crippen LogP) is 3.28. The molecule has 3 aromatic rings. The summed E-state index contributed by atoms with van der Waals surface area (Å²) in [5, 5.41) is 2.48. The lowest BCUT2D eigenvalue weighted by molar-refractivity contribution is -0.119. The summed E-state index contributed by atoms with van der Waals surface area (Å²) in [6, 6.07) is 8.93. The van der Waals surface area contributed by atoms with Crippen LogP contribution >= 0.6 is 23.3 Å². The normalized spacial score (nSPS) is 10.6. The third-order valence-corrected chi connectivity index (χ3v) is 3.92. The zero-order valence-electron chi connectivity index (χ0n) is 12.0. The topological polar surface area (TPSA) is 81.2 Å². The van der Waals surface area contributed by atoms with E-state index in [0.717, 1.165) is 17.8 Å². The summed E-state index contributed by atoms with van der Waals surface area (Å²) in [5.41, 5.74) is 1.23. The molecule has 0 saturated carbocycles. The van der Waals surface area contributed by atoms with Crippen LogP contribution in [0.4, 0.5) is 10.1 Å². The first-order valence-electron chi connectivity index (χ1n) is 6.68. The van der Waals surface area contributed by atoms with Crippen molar-refractivity contribution in [3.05, 3.63) is 52.8 Å². The average Bonchev–Trinajstić information content (AvgIpc) is 3.02. The van der Waals surface area contributed by atoms with E-state index < -0.39 is 29.9 Å². The fraction of sp³-hybridized carbons (Fsp3) is 0.0667. The highest BCUT2D eigenvalue weighted by Gasteiger charge is 2.18. The van der Waals surface area contributed by atoms with Crippen LogP contribution in [0.2, 0.25) is 5.02 Å². The second-order valence-electron chi connectivity index (χ2n) is 4.66. The Balaban J connectivity index is 1.66. The number of fused-ring (bicyclic) bond motifs is 1. The van der Waals surface area contributed by atoms with Gasteiger partial charge in [-0.1, -0.05) is 23.7 Å². The Bertz CT molecular complexity index is 911. The third-order valence-electron chi connectivity index (χ3n) is 3.06. The molecular formula is C15H9ClFN3O3S. The monoisotopic (exact) mass is 365 g/mol. The molecule has 0 atom stereocenters. The summed E-state index contributed by atoms with van der Waals surface area (Å²) in [5.74, 6) is -2.41. The summed E-state index contributed by atoms with van der Waals surface area (Å²) in [7, 11) is 0. The van der Waals surface area contributed by atoms with Gasteiger partial charge in [0.2, 0.25) is 0 Å². The molecule has 0 aliphatic carbocycles. The zero-order valence-corrected chi connectivity index (χ0v) is 13.5. The highest BCUT2D eigenvalue weighted by Crippen LogP contribution is 2.22. The molecule has 6 nitrogen and oxygen atoms in total. The van der Waals surface area contributed by atoms with Crippen LogP contribution in [0.25, 0.3) is 11.0 Å². The Morgan fingerprint density at radius 1 is 1.21 bits per heavy atom. The first kappa shape index (κ1) is 16.3. The number of carbonyl (C=O) groups excluding carboxylic acids is 2. The van der Waals surface area contributed by atoms with E-state index in [1.54, 1.807) is 18.2 Å². The van der Waals surface area contributed by atoms with Gasteiger partial charge in [-0.3, -0.25) is 4.79 Å². The fourth-order valence-electron chi connectivity index (χ4n) is 1.99. The van der Waals surface area contributed by atoms with Gasteiger partial charge >= 0.3 is 5.97 Å². The minimum atomic E-state index is -1.01. The quantitative estimate of drug-likeness (QED) is 0.717. The highest BCUT2D eigenvalue weighted by molar-refractivity contribution is 7.00. The highest BCUT2D eigenvalue weighted by atomic mass is 35.5. The molecule has 0 spiro atoms. The van der Waals surface area contributed by atoms with Crippen molar-refractivity contribution >= 4 is 51.9 Å². The number of rotatable bonds is 4. The summed E-state index contributed by atoms with van der Waals surface area (Å²) >= 11 is 6.79. The second kappa shape index (κ2) is 6.90. The molecule has 0 unspecified atom stereocenters. The van der Waals surface area contributed by atoms with Crippen molar-refractivity contribution < 1.29 is 18.7 Å². The molecule has 0 bridgehead atoms. The minimum Gasteiger partial charge on any atom is -0.452 e. The van der Waals surface area contributed by atoms with Crippen molar-refractivity contribution in [1.29, 1.82) is 0 Å². The van der Waals surface area contributed by atoms with Crippen molar-refractivity contribution in [1.82, 2.24) is 8.75 Å². The number of nitrogens with one attached hydrogen (secondary N) is 1. The Labute approximate surface area is 144 Å². The predicted molar refractivity (Wildman–Crippen MR) is 87.7 cm³/mol. The SMILES string of the molecule is O=C(COC(=O)c1c(F)cccc1Cl)Nc1cccc2nsnc12. The van der Waals surface area contributed by atoms with E-state index in [4.69, 9.17) is 16.3 Å². The third kappa shape index (κ3) is 3.34. The molecule has 3 rings (SSSR count). The lowest BCUT2D eigenvalue weighted by Gasteiger charge is -2.08. The number of esters is 1. The van der Waals surface area contributed by atoms with E-state index in [1.807, 2.05) is 0 Å². The van der Waals surface area contributed by atoms with Gasteiger partial charge in [0.25, 0.3) is 5.91 Å². The Kier molecular flexibility index (Phi) is 4.68. The van der Waals surface area contributed by atoms with Gasteiger partial charge in [-0.25, -0.2) is 9.18 Å². The van der Waals surface area contributed by atoms with Crippen LogP contribution < -0.4 is 5.32 Å². The van der Waals surface area contributed by atoms with Crippen LogP contribution in [0.5, 0.6) is 0 Å². The van der Waals surface area contributed by atoms with Gasteiger partial charge in [0.1, 0.15) is 22.4 Å². The molecular weight excluding hydrogens is 357 g/mol. The van der Waals surface area contributed by atoms with E-state index in [0.29, 0.717) is 16.7 Å². The van der Waals surface area contributed by atoms with Gasteiger partial charge < -0.3 is 10.1 Å². The largest absolute Gasteiger partial charge is 0.452 e. The molecule has 0 aliphatic heterocycles. The van der Waals surface area contributed by atoms with E-state index in [2.05, 4.69) is 14.1 Å². The molecule has 1 heterocycles. The van der Waals surface area contributed by atoms with Crippen LogP contribution in [0, 0.1) is 5.82 Å². The molecule has 1 amide bonds. The molecule has 9 heteroatoms. The van der Waals surface area contributed by atoms with Gasteiger partial charge in [0, 0.05) is 0 Å².